The van der Waals surface area contributed by atoms with Crippen molar-refractivity contribution in [2.75, 3.05) is 19.8 Å². The molecule has 12 nitrogen and oxygen atoms in total. The van der Waals surface area contributed by atoms with Gasteiger partial charge < -0.3 is 44.4 Å². The lowest BCUT2D eigenvalue weighted by atomic mass is 9.96. The van der Waals surface area contributed by atoms with Crippen molar-refractivity contribution < 1.29 is 38.6 Å². The van der Waals surface area contributed by atoms with Crippen LogP contribution in [0.1, 0.15) is 28.7 Å². The van der Waals surface area contributed by atoms with Crippen LogP contribution in [-0.2, 0) is 54.8 Å². The summed E-state index contributed by atoms with van der Waals surface area (Å²) < 4.78 is 38.6. The van der Waals surface area contributed by atoms with Gasteiger partial charge in [-0.3, -0.25) is 0 Å². The minimum absolute atomic E-state index is 0.0757. The molecule has 1 aliphatic heterocycles. The Labute approximate surface area is 304 Å². The van der Waals surface area contributed by atoms with Crippen molar-refractivity contribution in [3.8, 4) is 0 Å². The first kappa shape index (κ1) is 39.0. The fourth-order valence-corrected chi connectivity index (χ4v) is 6.06. The SMILES string of the molecule is [N-]=[N+]=NC1C(OCc2ccccc2)[C@H](OCc2ccccc2)C(COCc2ccccc2)O[C@H]1O[C@H]([C@H](O)CCN)[C@H](CO)OCc1ccccc1. The van der Waals surface area contributed by atoms with Crippen LogP contribution in [0.15, 0.2) is 126 Å². The summed E-state index contributed by atoms with van der Waals surface area (Å²) in [5.41, 5.74) is 19.4. The Bertz CT molecular complexity index is 1600. The van der Waals surface area contributed by atoms with E-state index in [0.29, 0.717) is 6.61 Å². The van der Waals surface area contributed by atoms with E-state index in [4.69, 9.17) is 34.2 Å². The number of benzene rings is 4. The molecule has 1 fully saturated rings. The van der Waals surface area contributed by atoms with Gasteiger partial charge in [-0.2, -0.15) is 0 Å². The number of nitrogens with two attached hydrogens (primary N) is 1. The van der Waals surface area contributed by atoms with Gasteiger partial charge in [0.2, 0.25) is 0 Å². The van der Waals surface area contributed by atoms with Crippen molar-refractivity contribution in [1.82, 2.24) is 0 Å². The summed E-state index contributed by atoms with van der Waals surface area (Å²) >= 11 is 0. The van der Waals surface area contributed by atoms with E-state index in [0.717, 1.165) is 22.3 Å². The fourth-order valence-electron chi connectivity index (χ4n) is 6.06. The summed E-state index contributed by atoms with van der Waals surface area (Å²) in [7, 11) is 0. The van der Waals surface area contributed by atoms with Crippen molar-refractivity contribution in [1.29, 1.82) is 0 Å². The Morgan fingerprint density at radius 1 is 0.731 bits per heavy atom. The number of rotatable bonds is 21. The molecule has 276 valence electrons. The minimum atomic E-state index is -1.26. The summed E-state index contributed by atoms with van der Waals surface area (Å²) in [4.78, 5) is 3.16. The Morgan fingerprint density at radius 2 is 1.23 bits per heavy atom. The molecule has 4 N–H and O–H groups in total. The van der Waals surface area contributed by atoms with E-state index in [1.807, 2.05) is 121 Å². The van der Waals surface area contributed by atoms with E-state index < -0.39 is 55.6 Å². The molecule has 3 unspecified atom stereocenters. The van der Waals surface area contributed by atoms with Gasteiger partial charge in [0.05, 0.1) is 45.7 Å². The molecule has 0 amide bonds. The van der Waals surface area contributed by atoms with Crippen LogP contribution < -0.4 is 5.73 Å². The zero-order valence-electron chi connectivity index (χ0n) is 29.1. The second kappa shape index (κ2) is 21.4. The average Bonchev–Trinajstić information content (AvgIpc) is 3.19. The number of hydrogen-bond donors (Lipinski definition) is 3. The highest BCUT2D eigenvalue weighted by Crippen LogP contribution is 2.33. The maximum atomic E-state index is 11.3. The fraction of sp³-hybridized carbons (Fsp3) is 0.400. The Kier molecular flexibility index (Phi) is 16.1. The van der Waals surface area contributed by atoms with E-state index in [2.05, 4.69) is 10.0 Å². The maximum absolute atomic E-state index is 11.3. The molecule has 12 heteroatoms. The Balaban J connectivity index is 1.46. The van der Waals surface area contributed by atoms with E-state index in [9.17, 15) is 15.7 Å². The highest BCUT2D eigenvalue weighted by molar-refractivity contribution is 5.16. The second-order valence-electron chi connectivity index (χ2n) is 12.5. The molecule has 4 aromatic carbocycles. The molecule has 5 rings (SSSR count). The molecule has 8 atom stereocenters. The molecule has 1 heterocycles. The quantitative estimate of drug-likeness (QED) is 0.0578. The Morgan fingerprint density at radius 3 is 1.73 bits per heavy atom. The lowest BCUT2D eigenvalue weighted by Gasteiger charge is -2.46. The predicted octanol–water partition coefficient (Wildman–Crippen LogP) is 5.45. The average molecular weight is 713 g/mol. The second-order valence-corrected chi connectivity index (χ2v) is 12.5. The minimum Gasteiger partial charge on any atom is -0.394 e. The standard InChI is InChI=1S/C40H48N4O8/c41-22-21-33(46)37(34(23-45)48-25-30-15-7-2-8-16-30)52-40-36(43-44-42)39(50-27-32-19-11-4-12-20-32)38(49-26-31-17-9-3-10-18-31)35(51-40)28-47-24-29-13-5-1-6-14-29/h1-20,33-40,45-46H,21-28,41H2/t33-,34+,35?,36?,37-,38-,39?,40+/m1/s1. The smallest absolute Gasteiger partial charge is 0.169 e. The van der Waals surface area contributed by atoms with Crippen molar-refractivity contribution in [3.63, 3.8) is 0 Å². The molecule has 0 aromatic heterocycles. The third-order valence-electron chi connectivity index (χ3n) is 8.75. The monoisotopic (exact) mass is 712 g/mol. The summed E-state index contributed by atoms with van der Waals surface area (Å²) in [6.45, 7) is 0.617. The van der Waals surface area contributed by atoms with Crippen LogP contribution in [0.3, 0.4) is 0 Å². The van der Waals surface area contributed by atoms with Gasteiger partial charge in [0.15, 0.2) is 6.29 Å². The molecule has 0 radical (unpaired) electrons. The lowest BCUT2D eigenvalue weighted by Crippen LogP contribution is -2.62. The molecule has 0 aliphatic carbocycles. The zero-order valence-corrected chi connectivity index (χ0v) is 29.1. The number of nitrogens with zero attached hydrogens (tertiary/aromatic N) is 3. The molecule has 4 aromatic rings. The van der Waals surface area contributed by atoms with Gasteiger partial charge in [0.1, 0.15) is 36.6 Å². The summed E-state index contributed by atoms with van der Waals surface area (Å²) in [5.74, 6) is 0. The highest BCUT2D eigenvalue weighted by Gasteiger charge is 2.49. The van der Waals surface area contributed by atoms with E-state index >= 15 is 0 Å². The van der Waals surface area contributed by atoms with Gasteiger partial charge in [-0.05, 0) is 40.8 Å². The molecular formula is C40H48N4O8. The van der Waals surface area contributed by atoms with Crippen LogP contribution in [0.4, 0.5) is 0 Å². The van der Waals surface area contributed by atoms with Gasteiger partial charge in [-0.25, -0.2) is 0 Å². The number of aliphatic hydroxyl groups is 2. The van der Waals surface area contributed by atoms with Crippen molar-refractivity contribution >= 4 is 0 Å². The molecule has 0 spiro atoms. The van der Waals surface area contributed by atoms with Crippen LogP contribution in [-0.4, -0.2) is 78.9 Å². The van der Waals surface area contributed by atoms with Gasteiger partial charge in [0.25, 0.3) is 0 Å². The third-order valence-corrected chi connectivity index (χ3v) is 8.75. The Hall–Kier alpha value is -4.17. The van der Waals surface area contributed by atoms with Gasteiger partial charge in [-0.15, -0.1) is 0 Å². The molecule has 0 saturated carbocycles. The van der Waals surface area contributed by atoms with Crippen LogP contribution in [0, 0.1) is 0 Å². The van der Waals surface area contributed by atoms with Crippen LogP contribution >= 0.6 is 0 Å². The number of aliphatic hydroxyl groups excluding tert-OH is 2. The van der Waals surface area contributed by atoms with E-state index in [1.54, 1.807) is 0 Å². The molecular weight excluding hydrogens is 664 g/mol. The highest BCUT2D eigenvalue weighted by atomic mass is 16.7. The lowest BCUT2D eigenvalue weighted by molar-refractivity contribution is -0.311. The third kappa shape index (κ3) is 11.7. The summed E-state index contributed by atoms with van der Waals surface area (Å²) in [5, 5.41) is 26.0. The summed E-state index contributed by atoms with van der Waals surface area (Å²) in [6, 6.07) is 37.4. The van der Waals surface area contributed by atoms with E-state index in [-0.39, 0.29) is 39.4 Å². The number of azide groups is 1. The maximum Gasteiger partial charge on any atom is 0.169 e. The predicted molar refractivity (Wildman–Crippen MR) is 194 cm³/mol. The van der Waals surface area contributed by atoms with Gasteiger partial charge in [-0.1, -0.05) is 126 Å². The topological polar surface area (TPSA) is 171 Å². The van der Waals surface area contributed by atoms with E-state index in [1.165, 1.54) is 0 Å². The first-order valence-corrected chi connectivity index (χ1v) is 17.5. The first-order chi connectivity index (χ1) is 25.6. The largest absolute Gasteiger partial charge is 0.394 e. The normalized spacial score (nSPS) is 21.9. The number of ether oxygens (including phenoxy) is 6. The first-order valence-electron chi connectivity index (χ1n) is 17.5. The molecule has 52 heavy (non-hydrogen) atoms. The van der Waals surface area contributed by atoms with Gasteiger partial charge >= 0.3 is 0 Å². The van der Waals surface area contributed by atoms with Crippen molar-refractivity contribution in [2.45, 2.75) is 81.8 Å². The van der Waals surface area contributed by atoms with Gasteiger partial charge in [0, 0.05) is 4.91 Å². The molecule has 1 saturated heterocycles. The van der Waals surface area contributed by atoms with Crippen molar-refractivity contribution in [3.05, 3.63) is 154 Å². The van der Waals surface area contributed by atoms with Crippen molar-refractivity contribution in [2.24, 2.45) is 10.8 Å². The van der Waals surface area contributed by atoms with Crippen LogP contribution in [0.25, 0.3) is 10.4 Å². The van der Waals surface area contributed by atoms with Crippen LogP contribution in [0.5, 0.6) is 0 Å². The molecule has 0 bridgehead atoms. The molecule has 1 aliphatic rings. The number of hydrogen-bond acceptors (Lipinski definition) is 10. The van der Waals surface area contributed by atoms with Crippen LogP contribution in [0.2, 0.25) is 0 Å². The summed E-state index contributed by atoms with van der Waals surface area (Å²) in [6.07, 6.45) is -6.80. The zero-order chi connectivity index (χ0) is 36.4.